The highest BCUT2D eigenvalue weighted by molar-refractivity contribution is 5.64. The molecule has 1 aliphatic carbocycles. The third kappa shape index (κ3) is 3.01. The molecule has 2 N–H and O–H groups in total. The van der Waals surface area contributed by atoms with Gasteiger partial charge in [-0.2, -0.15) is 0 Å². The number of hydrogen-bond acceptors (Lipinski definition) is 5. The van der Waals surface area contributed by atoms with E-state index >= 15 is 0 Å². The van der Waals surface area contributed by atoms with E-state index in [0.29, 0.717) is 5.69 Å². The summed E-state index contributed by atoms with van der Waals surface area (Å²) in [6.07, 6.45) is 3.46. The Kier molecular flexibility index (Phi) is 4.44. The monoisotopic (exact) mass is 279 g/mol. The lowest BCUT2D eigenvalue weighted by Gasteiger charge is -2.36. The first-order valence-corrected chi connectivity index (χ1v) is 6.91. The Morgan fingerprint density at radius 2 is 2.05 bits per heavy atom. The van der Waals surface area contributed by atoms with Crippen LogP contribution in [0.1, 0.15) is 25.7 Å². The van der Waals surface area contributed by atoms with Crippen LogP contribution in [-0.4, -0.2) is 36.3 Å². The van der Waals surface area contributed by atoms with Gasteiger partial charge in [-0.1, -0.05) is 12.8 Å². The molecule has 0 saturated heterocycles. The van der Waals surface area contributed by atoms with E-state index in [4.69, 9.17) is 0 Å². The molecule has 1 aromatic carbocycles. The SMILES string of the molecule is CNc1cc(N(C)C2CCCCC2O)cc([N+](=O)[O-])c1. The maximum absolute atomic E-state index is 11.0. The van der Waals surface area contributed by atoms with Crippen molar-refractivity contribution in [2.24, 2.45) is 0 Å². The van der Waals surface area contributed by atoms with Crippen molar-refractivity contribution in [1.29, 1.82) is 0 Å². The molecule has 0 radical (unpaired) electrons. The number of benzene rings is 1. The molecule has 20 heavy (non-hydrogen) atoms. The van der Waals surface area contributed by atoms with Crippen molar-refractivity contribution in [2.75, 3.05) is 24.3 Å². The maximum Gasteiger partial charge on any atom is 0.273 e. The molecule has 0 amide bonds. The number of aliphatic hydroxyl groups is 1. The first kappa shape index (κ1) is 14.6. The molecule has 0 spiro atoms. The second-order valence-electron chi connectivity index (χ2n) is 5.28. The molecule has 2 rings (SSSR count). The fraction of sp³-hybridized carbons (Fsp3) is 0.571. The molecular weight excluding hydrogens is 258 g/mol. The number of nitro benzene ring substituents is 1. The molecular formula is C14H21N3O3. The Labute approximate surface area is 118 Å². The third-order valence-electron chi connectivity index (χ3n) is 4.00. The van der Waals surface area contributed by atoms with Crippen LogP contribution in [0.25, 0.3) is 0 Å². The van der Waals surface area contributed by atoms with E-state index in [-0.39, 0.29) is 17.8 Å². The summed E-state index contributed by atoms with van der Waals surface area (Å²) in [6.45, 7) is 0. The summed E-state index contributed by atoms with van der Waals surface area (Å²) in [6, 6.07) is 4.96. The van der Waals surface area contributed by atoms with Crippen LogP contribution in [0, 0.1) is 10.1 Å². The van der Waals surface area contributed by atoms with Gasteiger partial charge in [0.25, 0.3) is 5.69 Å². The van der Waals surface area contributed by atoms with Crippen LogP contribution in [0.5, 0.6) is 0 Å². The fourth-order valence-corrected chi connectivity index (χ4v) is 2.78. The van der Waals surface area contributed by atoms with E-state index in [2.05, 4.69) is 5.32 Å². The lowest BCUT2D eigenvalue weighted by Crippen LogP contribution is -2.43. The normalized spacial score (nSPS) is 22.4. The van der Waals surface area contributed by atoms with Gasteiger partial charge >= 0.3 is 0 Å². The molecule has 1 saturated carbocycles. The van der Waals surface area contributed by atoms with Gasteiger partial charge in [0, 0.05) is 37.6 Å². The van der Waals surface area contributed by atoms with Crippen LogP contribution in [0.3, 0.4) is 0 Å². The Morgan fingerprint density at radius 1 is 1.35 bits per heavy atom. The highest BCUT2D eigenvalue weighted by atomic mass is 16.6. The Hall–Kier alpha value is -1.82. The van der Waals surface area contributed by atoms with Crippen molar-refractivity contribution < 1.29 is 10.0 Å². The summed E-state index contributed by atoms with van der Waals surface area (Å²) in [5.41, 5.74) is 1.52. The second kappa shape index (κ2) is 6.09. The summed E-state index contributed by atoms with van der Waals surface area (Å²) in [5, 5.41) is 24.0. The summed E-state index contributed by atoms with van der Waals surface area (Å²) in [7, 11) is 3.62. The van der Waals surface area contributed by atoms with E-state index in [1.54, 1.807) is 13.1 Å². The zero-order valence-corrected chi connectivity index (χ0v) is 11.9. The number of non-ortho nitro benzene ring substituents is 1. The summed E-state index contributed by atoms with van der Waals surface area (Å²) < 4.78 is 0. The second-order valence-corrected chi connectivity index (χ2v) is 5.28. The van der Waals surface area contributed by atoms with Gasteiger partial charge in [0.2, 0.25) is 0 Å². The van der Waals surface area contributed by atoms with E-state index in [1.165, 1.54) is 6.07 Å². The number of nitrogens with zero attached hydrogens (tertiary/aromatic N) is 2. The fourth-order valence-electron chi connectivity index (χ4n) is 2.78. The van der Waals surface area contributed by atoms with Gasteiger partial charge in [0.05, 0.1) is 17.1 Å². The molecule has 0 bridgehead atoms. The summed E-state index contributed by atoms with van der Waals surface area (Å²) >= 11 is 0. The van der Waals surface area contributed by atoms with Crippen LogP contribution in [-0.2, 0) is 0 Å². The van der Waals surface area contributed by atoms with Gasteiger partial charge in [-0.05, 0) is 18.9 Å². The molecule has 0 aromatic heterocycles. The van der Waals surface area contributed by atoms with Crippen LogP contribution >= 0.6 is 0 Å². The quantitative estimate of drug-likeness (QED) is 0.653. The highest BCUT2D eigenvalue weighted by Gasteiger charge is 2.27. The topological polar surface area (TPSA) is 78.6 Å². The predicted octanol–water partition coefficient (Wildman–Crippen LogP) is 2.38. The molecule has 6 nitrogen and oxygen atoms in total. The van der Waals surface area contributed by atoms with Gasteiger partial charge in [0.1, 0.15) is 0 Å². The van der Waals surface area contributed by atoms with E-state index in [0.717, 1.165) is 31.4 Å². The molecule has 0 heterocycles. The van der Waals surface area contributed by atoms with Crippen molar-refractivity contribution >= 4 is 17.1 Å². The average Bonchev–Trinajstić information content (AvgIpc) is 2.46. The minimum atomic E-state index is -0.393. The maximum atomic E-state index is 11.0. The van der Waals surface area contributed by atoms with Gasteiger partial charge < -0.3 is 15.3 Å². The van der Waals surface area contributed by atoms with Crippen molar-refractivity contribution in [3.8, 4) is 0 Å². The van der Waals surface area contributed by atoms with E-state index in [9.17, 15) is 15.2 Å². The first-order valence-electron chi connectivity index (χ1n) is 6.91. The lowest BCUT2D eigenvalue weighted by atomic mass is 9.91. The number of nitrogens with one attached hydrogen (secondary N) is 1. The molecule has 2 atom stereocenters. The highest BCUT2D eigenvalue weighted by Crippen LogP contribution is 2.31. The Bertz CT molecular complexity index is 493. The van der Waals surface area contributed by atoms with Crippen molar-refractivity contribution in [2.45, 2.75) is 37.8 Å². The molecule has 1 aromatic rings. The van der Waals surface area contributed by atoms with Crippen LogP contribution in [0.4, 0.5) is 17.1 Å². The smallest absolute Gasteiger partial charge is 0.273 e. The zero-order valence-electron chi connectivity index (χ0n) is 11.9. The number of likely N-dealkylation sites (N-methyl/N-ethyl adjacent to an activating group) is 1. The number of hydrogen-bond donors (Lipinski definition) is 2. The number of nitro groups is 1. The Morgan fingerprint density at radius 3 is 2.65 bits per heavy atom. The number of aliphatic hydroxyl groups excluding tert-OH is 1. The van der Waals surface area contributed by atoms with Crippen LogP contribution < -0.4 is 10.2 Å². The van der Waals surface area contributed by atoms with E-state index in [1.807, 2.05) is 18.0 Å². The molecule has 110 valence electrons. The minimum Gasteiger partial charge on any atom is -0.391 e. The molecule has 1 fully saturated rings. The number of rotatable bonds is 4. The first-order chi connectivity index (χ1) is 9.52. The van der Waals surface area contributed by atoms with Gasteiger partial charge in [-0.15, -0.1) is 0 Å². The summed E-state index contributed by atoms with van der Waals surface area (Å²) in [4.78, 5) is 12.6. The standard InChI is InChI=1S/C14H21N3O3/c1-15-10-7-11(9-12(8-10)17(19)20)16(2)13-5-3-4-6-14(13)18/h7-9,13-15,18H,3-6H2,1-2H3. The number of anilines is 2. The lowest BCUT2D eigenvalue weighted by molar-refractivity contribution is -0.384. The van der Waals surface area contributed by atoms with Crippen LogP contribution in [0.15, 0.2) is 18.2 Å². The minimum absolute atomic E-state index is 0.0236. The zero-order chi connectivity index (χ0) is 14.7. The Balaban J connectivity index is 2.30. The van der Waals surface area contributed by atoms with Gasteiger partial charge in [-0.25, -0.2) is 0 Å². The van der Waals surface area contributed by atoms with Crippen LogP contribution in [0.2, 0.25) is 0 Å². The largest absolute Gasteiger partial charge is 0.391 e. The average molecular weight is 279 g/mol. The van der Waals surface area contributed by atoms with Crippen molar-refractivity contribution in [3.63, 3.8) is 0 Å². The molecule has 1 aliphatic rings. The summed E-state index contributed by atoms with van der Waals surface area (Å²) in [5.74, 6) is 0. The predicted molar refractivity (Wildman–Crippen MR) is 79.3 cm³/mol. The van der Waals surface area contributed by atoms with Crippen molar-refractivity contribution in [1.82, 2.24) is 0 Å². The molecule has 0 aliphatic heterocycles. The molecule has 6 heteroatoms. The van der Waals surface area contributed by atoms with Gasteiger partial charge in [0.15, 0.2) is 0 Å². The molecule has 2 unspecified atom stereocenters. The van der Waals surface area contributed by atoms with E-state index < -0.39 is 4.92 Å². The third-order valence-corrected chi connectivity index (χ3v) is 4.00. The van der Waals surface area contributed by atoms with Gasteiger partial charge in [-0.3, -0.25) is 10.1 Å². The van der Waals surface area contributed by atoms with Crippen molar-refractivity contribution in [3.05, 3.63) is 28.3 Å².